The van der Waals surface area contributed by atoms with Gasteiger partial charge in [0, 0.05) is 7.11 Å². The number of ether oxygens (including phenoxy) is 2. The standard InChI is InChI=1S/C8H12O2/c1-3-7-4-5-8(10-7)6-9-2/h1,7-8H,4-6H2,2H3/t7-,8+/m1/s1. The average molecular weight is 140 g/mol. The van der Waals surface area contributed by atoms with Crippen LogP contribution in [0.3, 0.4) is 0 Å². The lowest BCUT2D eigenvalue weighted by Gasteiger charge is -2.07. The van der Waals surface area contributed by atoms with Crippen molar-refractivity contribution in [2.24, 2.45) is 0 Å². The zero-order valence-electron chi connectivity index (χ0n) is 6.17. The van der Waals surface area contributed by atoms with Crippen LogP contribution in [-0.2, 0) is 9.47 Å². The Hall–Kier alpha value is -0.520. The van der Waals surface area contributed by atoms with Crippen LogP contribution in [0.2, 0.25) is 0 Å². The van der Waals surface area contributed by atoms with Gasteiger partial charge in [-0.3, -0.25) is 0 Å². The van der Waals surface area contributed by atoms with Crippen molar-refractivity contribution in [3.63, 3.8) is 0 Å². The van der Waals surface area contributed by atoms with Crippen LogP contribution in [0.4, 0.5) is 0 Å². The summed E-state index contributed by atoms with van der Waals surface area (Å²) in [7, 11) is 1.67. The molecule has 0 radical (unpaired) electrons. The van der Waals surface area contributed by atoms with E-state index in [1.807, 2.05) is 0 Å². The van der Waals surface area contributed by atoms with E-state index in [1.165, 1.54) is 0 Å². The fourth-order valence-corrected chi connectivity index (χ4v) is 1.14. The highest BCUT2D eigenvalue weighted by Crippen LogP contribution is 2.18. The Bertz CT molecular complexity index is 137. The largest absolute Gasteiger partial charge is 0.382 e. The molecule has 1 heterocycles. The predicted molar refractivity (Wildman–Crippen MR) is 38.6 cm³/mol. The molecule has 0 aromatic rings. The maximum atomic E-state index is 5.39. The van der Waals surface area contributed by atoms with Crippen LogP contribution in [0.15, 0.2) is 0 Å². The van der Waals surface area contributed by atoms with Crippen LogP contribution in [-0.4, -0.2) is 25.9 Å². The molecule has 2 atom stereocenters. The molecular weight excluding hydrogens is 128 g/mol. The maximum Gasteiger partial charge on any atom is 0.118 e. The summed E-state index contributed by atoms with van der Waals surface area (Å²) in [5.74, 6) is 2.57. The van der Waals surface area contributed by atoms with Crippen molar-refractivity contribution in [1.29, 1.82) is 0 Å². The van der Waals surface area contributed by atoms with Crippen LogP contribution in [0.1, 0.15) is 12.8 Å². The summed E-state index contributed by atoms with van der Waals surface area (Å²) in [6, 6.07) is 0. The molecule has 56 valence electrons. The summed E-state index contributed by atoms with van der Waals surface area (Å²) >= 11 is 0. The maximum absolute atomic E-state index is 5.39. The van der Waals surface area contributed by atoms with Gasteiger partial charge in [0.15, 0.2) is 0 Å². The van der Waals surface area contributed by atoms with E-state index in [4.69, 9.17) is 15.9 Å². The molecule has 1 aliphatic heterocycles. The molecule has 0 N–H and O–H groups in total. The Labute approximate surface area is 61.5 Å². The molecule has 0 aromatic carbocycles. The topological polar surface area (TPSA) is 18.5 Å². The van der Waals surface area contributed by atoms with Gasteiger partial charge in [-0.05, 0) is 12.8 Å². The lowest BCUT2D eigenvalue weighted by molar-refractivity contribution is 0.0180. The van der Waals surface area contributed by atoms with Crippen molar-refractivity contribution in [3.05, 3.63) is 0 Å². The Morgan fingerprint density at radius 2 is 2.50 bits per heavy atom. The predicted octanol–water partition coefficient (Wildman–Crippen LogP) is 0.814. The Morgan fingerprint density at radius 1 is 1.70 bits per heavy atom. The van der Waals surface area contributed by atoms with Gasteiger partial charge < -0.3 is 9.47 Å². The molecule has 0 bridgehead atoms. The molecule has 1 rings (SSSR count). The van der Waals surface area contributed by atoms with Gasteiger partial charge in [-0.1, -0.05) is 5.92 Å². The molecule has 1 fully saturated rings. The molecule has 0 aliphatic carbocycles. The quantitative estimate of drug-likeness (QED) is 0.528. The molecule has 2 nitrogen and oxygen atoms in total. The summed E-state index contributed by atoms with van der Waals surface area (Å²) < 4.78 is 10.3. The van der Waals surface area contributed by atoms with Crippen LogP contribution >= 0.6 is 0 Å². The Kier molecular flexibility index (Phi) is 2.73. The van der Waals surface area contributed by atoms with Crippen LogP contribution in [0.5, 0.6) is 0 Å². The van der Waals surface area contributed by atoms with Gasteiger partial charge in [0.05, 0.1) is 12.7 Å². The smallest absolute Gasteiger partial charge is 0.118 e. The first-order chi connectivity index (χ1) is 4.86. The fourth-order valence-electron chi connectivity index (χ4n) is 1.14. The zero-order valence-corrected chi connectivity index (χ0v) is 6.17. The second-order valence-electron chi connectivity index (χ2n) is 2.45. The van der Waals surface area contributed by atoms with Crippen molar-refractivity contribution < 1.29 is 9.47 Å². The second kappa shape index (κ2) is 3.60. The Morgan fingerprint density at radius 3 is 3.00 bits per heavy atom. The SMILES string of the molecule is C#C[C@@H]1CC[C@@H](COC)O1. The third-order valence-electron chi connectivity index (χ3n) is 1.65. The van der Waals surface area contributed by atoms with Crippen molar-refractivity contribution in [2.45, 2.75) is 25.0 Å². The third kappa shape index (κ3) is 1.73. The molecule has 1 saturated heterocycles. The van der Waals surface area contributed by atoms with Gasteiger partial charge in [-0.25, -0.2) is 0 Å². The molecule has 0 spiro atoms. The summed E-state index contributed by atoms with van der Waals surface area (Å²) in [6.45, 7) is 0.665. The van der Waals surface area contributed by atoms with E-state index in [9.17, 15) is 0 Å². The van der Waals surface area contributed by atoms with Gasteiger partial charge >= 0.3 is 0 Å². The van der Waals surface area contributed by atoms with Crippen LogP contribution in [0.25, 0.3) is 0 Å². The van der Waals surface area contributed by atoms with Crippen molar-refractivity contribution >= 4 is 0 Å². The molecule has 0 saturated carbocycles. The summed E-state index contributed by atoms with van der Waals surface area (Å²) in [4.78, 5) is 0. The lowest BCUT2D eigenvalue weighted by Crippen LogP contribution is -2.14. The summed E-state index contributed by atoms with van der Waals surface area (Å²) in [6.07, 6.45) is 7.44. The highest BCUT2D eigenvalue weighted by molar-refractivity contribution is 4.98. The van der Waals surface area contributed by atoms with E-state index < -0.39 is 0 Å². The van der Waals surface area contributed by atoms with Gasteiger partial charge in [-0.2, -0.15) is 0 Å². The molecule has 0 aromatic heterocycles. The molecule has 10 heavy (non-hydrogen) atoms. The molecular formula is C8H12O2. The first-order valence-electron chi connectivity index (χ1n) is 3.47. The lowest BCUT2D eigenvalue weighted by atomic mass is 10.2. The number of rotatable bonds is 2. The summed E-state index contributed by atoms with van der Waals surface area (Å²) in [5.41, 5.74) is 0. The molecule has 0 unspecified atom stereocenters. The minimum Gasteiger partial charge on any atom is -0.382 e. The van der Waals surface area contributed by atoms with Gasteiger partial charge in [-0.15, -0.1) is 6.42 Å². The molecule has 0 amide bonds. The number of methoxy groups -OCH3 is 1. The number of terminal acetylenes is 1. The third-order valence-corrected chi connectivity index (χ3v) is 1.65. The second-order valence-corrected chi connectivity index (χ2v) is 2.45. The van der Waals surface area contributed by atoms with Gasteiger partial charge in [0.1, 0.15) is 6.10 Å². The Balaban J connectivity index is 2.23. The minimum atomic E-state index is 0.0279. The fraction of sp³-hybridized carbons (Fsp3) is 0.750. The van der Waals surface area contributed by atoms with E-state index in [2.05, 4.69) is 5.92 Å². The first-order valence-corrected chi connectivity index (χ1v) is 3.47. The zero-order chi connectivity index (χ0) is 7.40. The number of hydrogen-bond acceptors (Lipinski definition) is 2. The highest BCUT2D eigenvalue weighted by atomic mass is 16.5. The van der Waals surface area contributed by atoms with E-state index in [0.29, 0.717) is 6.61 Å². The van der Waals surface area contributed by atoms with E-state index >= 15 is 0 Å². The highest BCUT2D eigenvalue weighted by Gasteiger charge is 2.22. The van der Waals surface area contributed by atoms with Crippen molar-refractivity contribution in [3.8, 4) is 12.3 Å². The van der Waals surface area contributed by atoms with Crippen molar-refractivity contribution in [2.75, 3.05) is 13.7 Å². The normalized spacial score (nSPS) is 32.0. The van der Waals surface area contributed by atoms with Gasteiger partial charge in [0.2, 0.25) is 0 Å². The minimum absolute atomic E-state index is 0.0279. The van der Waals surface area contributed by atoms with E-state index in [1.54, 1.807) is 7.11 Å². The van der Waals surface area contributed by atoms with E-state index in [0.717, 1.165) is 12.8 Å². The number of hydrogen-bond donors (Lipinski definition) is 0. The molecule has 2 heteroatoms. The summed E-state index contributed by atoms with van der Waals surface area (Å²) in [5, 5.41) is 0. The first kappa shape index (κ1) is 7.59. The monoisotopic (exact) mass is 140 g/mol. The van der Waals surface area contributed by atoms with Crippen LogP contribution < -0.4 is 0 Å². The average Bonchev–Trinajstić information content (AvgIpc) is 2.37. The van der Waals surface area contributed by atoms with E-state index in [-0.39, 0.29) is 12.2 Å². The van der Waals surface area contributed by atoms with Crippen LogP contribution in [0, 0.1) is 12.3 Å². The van der Waals surface area contributed by atoms with Gasteiger partial charge in [0.25, 0.3) is 0 Å². The van der Waals surface area contributed by atoms with Crippen molar-refractivity contribution in [1.82, 2.24) is 0 Å². The molecule has 1 aliphatic rings.